The van der Waals surface area contributed by atoms with Gasteiger partial charge in [0.1, 0.15) is 17.3 Å². The Morgan fingerprint density at radius 1 is 0.788 bits per heavy atom. The Bertz CT molecular complexity index is 1020. The minimum atomic E-state index is -0.358. The minimum absolute atomic E-state index is 0. The second-order valence-electron chi connectivity index (χ2n) is 7.89. The molecule has 0 radical (unpaired) electrons. The SMILES string of the molecule is CN(C)Cc1cc(/C=C/C(=O)/C=C(O)/C=C/c2ccc(O)c(CN(C)C)c2)ccc1O.Cl.Cl. The molecule has 0 unspecified atom stereocenters. The highest BCUT2D eigenvalue weighted by atomic mass is 35.5. The summed E-state index contributed by atoms with van der Waals surface area (Å²) in [5.74, 6) is -0.101. The molecule has 0 aliphatic carbocycles. The summed E-state index contributed by atoms with van der Waals surface area (Å²) in [7, 11) is 7.65. The Morgan fingerprint density at radius 3 is 1.64 bits per heavy atom. The summed E-state index contributed by atoms with van der Waals surface area (Å²) < 4.78 is 0. The average Bonchev–Trinajstić information content (AvgIpc) is 2.68. The summed E-state index contributed by atoms with van der Waals surface area (Å²) in [4.78, 5) is 16.0. The normalized spacial score (nSPS) is 11.8. The summed E-state index contributed by atoms with van der Waals surface area (Å²) in [5.41, 5.74) is 3.12. The van der Waals surface area contributed by atoms with Crippen LogP contribution in [0.15, 0.2) is 60.4 Å². The first-order chi connectivity index (χ1) is 14.6. The molecule has 0 aliphatic heterocycles. The van der Waals surface area contributed by atoms with Crippen molar-refractivity contribution in [3.8, 4) is 11.5 Å². The zero-order valence-corrected chi connectivity index (χ0v) is 20.9. The fourth-order valence-corrected chi connectivity index (χ4v) is 2.95. The van der Waals surface area contributed by atoms with Gasteiger partial charge in [-0.05, 0) is 75.7 Å². The molecule has 3 N–H and O–H groups in total. The largest absolute Gasteiger partial charge is 0.508 e. The van der Waals surface area contributed by atoms with Crippen molar-refractivity contribution < 1.29 is 20.1 Å². The lowest BCUT2D eigenvalue weighted by molar-refractivity contribution is -0.110. The monoisotopic (exact) mass is 494 g/mol. The molecule has 2 aromatic carbocycles. The van der Waals surface area contributed by atoms with Crippen molar-refractivity contribution in [2.75, 3.05) is 28.2 Å². The first kappa shape index (κ1) is 30.2. The summed E-state index contributed by atoms with van der Waals surface area (Å²) in [5, 5.41) is 29.9. The van der Waals surface area contributed by atoms with Gasteiger partial charge in [-0.2, -0.15) is 0 Å². The molecular formula is C25H32Cl2N2O4. The van der Waals surface area contributed by atoms with Crippen LogP contribution >= 0.6 is 24.8 Å². The van der Waals surface area contributed by atoms with E-state index in [4.69, 9.17) is 0 Å². The number of phenols is 2. The Kier molecular flexibility index (Phi) is 13.2. The topological polar surface area (TPSA) is 84.2 Å². The van der Waals surface area contributed by atoms with E-state index in [9.17, 15) is 20.1 Å². The van der Waals surface area contributed by atoms with E-state index in [1.165, 1.54) is 12.2 Å². The third-order valence-electron chi connectivity index (χ3n) is 4.36. The first-order valence-corrected chi connectivity index (χ1v) is 9.88. The number of halogens is 2. The fraction of sp³-hybridized carbons (Fsp3) is 0.240. The molecular weight excluding hydrogens is 463 g/mol. The maximum Gasteiger partial charge on any atom is 0.182 e. The molecule has 0 aromatic heterocycles. The van der Waals surface area contributed by atoms with Gasteiger partial charge in [-0.25, -0.2) is 0 Å². The van der Waals surface area contributed by atoms with Crippen molar-refractivity contribution >= 4 is 42.7 Å². The molecule has 0 heterocycles. The van der Waals surface area contributed by atoms with Crippen LogP contribution < -0.4 is 0 Å². The molecule has 0 saturated heterocycles. The number of ketones is 1. The Morgan fingerprint density at radius 2 is 1.21 bits per heavy atom. The molecule has 0 spiro atoms. The number of benzene rings is 2. The van der Waals surface area contributed by atoms with E-state index in [-0.39, 0.29) is 47.9 Å². The molecule has 6 nitrogen and oxygen atoms in total. The molecule has 0 amide bonds. The number of aromatic hydroxyl groups is 2. The number of carbonyl (C=O) groups excluding carboxylic acids is 1. The molecule has 2 rings (SSSR count). The lowest BCUT2D eigenvalue weighted by Gasteiger charge is -2.11. The summed E-state index contributed by atoms with van der Waals surface area (Å²) in [6, 6.07) is 10.3. The number of allylic oxidation sites excluding steroid dienone is 3. The predicted octanol–water partition coefficient (Wildman–Crippen LogP) is 4.80. The van der Waals surface area contributed by atoms with E-state index >= 15 is 0 Å². The smallest absolute Gasteiger partial charge is 0.182 e. The van der Waals surface area contributed by atoms with Gasteiger partial charge < -0.3 is 25.1 Å². The maximum atomic E-state index is 12.1. The van der Waals surface area contributed by atoms with Crippen LogP contribution in [0.1, 0.15) is 22.3 Å². The van der Waals surface area contributed by atoms with Gasteiger partial charge in [-0.3, -0.25) is 4.79 Å². The summed E-state index contributed by atoms with van der Waals surface area (Å²) in [6.07, 6.45) is 7.26. The first-order valence-electron chi connectivity index (χ1n) is 9.88. The van der Waals surface area contributed by atoms with E-state index in [1.54, 1.807) is 36.4 Å². The number of hydrogen-bond acceptors (Lipinski definition) is 6. The van der Waals surface area contributed by atoms with Crippen molar-refractivity contribution in [2.24, 2.45) is 0 Å². The van der Waals surface area contributed by atoms with Crippen LogP contribution in [0.2, 0.25) is 0 Å². The van der Waals surface area contributed by atoms with E-state index < -0.39 is 0 Å². The van der Waals surface area contributed by atoms with Crippen LogP contribution in [0.3, 0.4) is 0 Å². The third kappa shape index (κ3) is 10.6. The van der Waals surface area contributed by atoms with Gasteiger partial charge in [-0.1, -0.05) is 24.3 Å². The van der Waals surface area contributed by atoms with E-state index in [1.807, 2.05) is 50.1 Å². The zero-order valence-electron chi connectivity index (χ0n) is 19.2. The lowest BCUT2D eigenvalue weighted by Crippen LogP contribution is -2.10. The van der Waals surface area contributed by atoms with Crippen molar-refractivity contribution in [2.45, 2.75) is 13.1 Å². The van der Waals surface area contributed by atoms with Crippen LogP contribution in [0, 0.1) is 0 Å². The lowest BCUT2D eigenvalue weighted by atomic mass is 10.1. The number of hydrogen-bond donors (Lipinski definition) is 3. The van der Waals surface area contributed by atoms with Crippen LogP contribution in [0.25, 0.3) is 12.2 Å². The number of aliphatic hydroxyl groups is 1. The second kappa shape index (κ2) is 14.4. The highest BCUT2D eigenvalue weighted by Crippen LogP contribution is 2.21. The average molecular weight is 495 g/mol. The summed E-state index contributed by atoms with van der Waals surface area (Å²) >= 11 is 0. The van der Waals surface area contributed by atoms with Gasteiger partial charge in [0.15, 0.2) is 5.78 Å². The van der Waals surface area contributed by atoms with Crippen molar-refractivity contribution in [1.82, 2.24) is 9.80 Å². The Labute approximate surface area is 208 Å². The molecule has 0 aliphatic rings. The second-order valence-corrected chi connectivity index (χ2v) is 7.89. The third-order valence-corrected chi connectivity index (χ3v) is 4.36. The Balaban J connectivity index is 0.00000512. The highest BCUT2D eigenvalue weighted by molar-refractivity contribution is 6.02. The maximum absolute atomic E-state index is 12.1. The summed E-state index contributed by atoms with van der Waals surface area (Å²) in [6.45, 7) is 1.17. The zero-order chi connectivity index (χ0) is 23.0. The van der Waals surface area contributed by atoms with Crippen LogP contribution in [0.5, 0.6) is 11.5 Å². The number of carbonyl (C=O) groups is 1. The predicted molar refractivity (Wildman–Crippen MR) is 139 cm³/mol. The van der Waals surface area contributed by atoms with Crippen molar-refractivity contribution in [1.29, 1.82) is 0 Å². The number of phenolic OH excluding ortho intramolecular Hbond substituents is 2. The molecule has 33 heavy (non-hydrogen) atoms. The number of rotatable bonds is 9. The molecule has 0 saturated carbocycles. The van der Waals surface area contributed by atoms with Crippen molar-refractivity contribution in [3.63, 3.8) is 0 Å². The molecule has 0 fully saturated rings. The van der Waals surface area contributed by atoms with Gasteiger partial charge in [-0.15, -0.1) is 24.8 Å². The van der Waals surface area contributed by atoms with Crippen LogP contribution in [0.4, 0.5) is 0 Å². The van der Waals surface area contributed by atoms with Gasteiger partial charge in [0.25, 0.3) is 0 Å². The standard InChI is InChI=1S/C25H30N2O4.2ClH/c1-26(2)16-20-13-18(7-11-24(20)30)5-9-22(28)15-23(29)10-6-19-8-12-25(31)21(14-19)17-27(3)4;;/h5-15,28,30-31H,16-17H2,1-4H3;2*1H/b9-5+,10-6+,22-15-;;. The highest BCUT2D eigenvalue weighted by Gasteiger charge is 2.04. The van der Waals surface area contributed by atoms with Gasteiger partial charge in [0.05, 0.1) is 0 Å². The molecule has 2 aromatic rings. The van der Waals surface area contributed by atoms with Gasteiger partial charge in [0, 0.05) is 30.3 Å². The van der Waals surface area contributed by atoms with Crippen molar-refractivity contribution in [3.05, 3.63) is 82.6 Å². The van der Waals surface area contributed by atoms with Crippen LogP contribution in [-0.4, -0.2) is 59.1 Å². The van der Waals surface area contributed by atoms with Gasteiger partial charge >= 0.3 is 0 Å². The van der Waals surface area contributed by atoms with E-state index in [0.717, 1.165) is 28.3 Å². The molecule has 180 valence electrons. The number of aliphatic hydroxyl groups excluding tert-OH is 1. The van der Waals surface area contributed by atoms with E-state index in [2.05, 4.69) is 0 Å². The van der Waals surface area contributed by atoms with Crippen LogP contribution in [-0.2, 0) is 17.9 Å². The molecule has 0 bridgehead atoms. The van der Waals surface area contributed by atoms with Gasteiger partial charge in [0.2, 0.25) is 0 Å². The number of nitrogens with zero attached hydrogens (tertiary/aromatic N) is 2. The fourth-order valence-electron chi connectivity index (χ4n) is 2.95. The molecule has 0 atom stereocenters. The molecule has 8 heteroatoms. The van der Waals surface area contributed by atoms with E-state index in [0.29, 0.717) is 13.1 Å². The quantitative estimate of drug-likeness (QED) is 0.263. The Hall–Kier alpha value is -2.77. The minimum Gasteiger partial charge on any atom is -0.508 e.